The number of thiophene rings is 2. The molecule has 5 heteroatoms. The van der Waals surface area contributed by atoms with Crippen molar-refractivity contribution in [3.05, 3.63) is 121 Å². The number of thiazole rings is 1. The summed E-state index contributed by atoms with van der Waals surface area (Å²) in [5, 5.41) is 8.89. The van der Waals surface area contributed by atoms with Crippen LogP contribution < -0.4 is 0 Å². The Morgan fingerprint density at radius 1 is 0.452 bits per heavy atom. The zero-order chi connectivity index (χ0) is 27.4. The molecule has 0 saturated carbocycles. The molecule has 0 bridgehead atoms. The van der Waals surface area contributed by atoms with E-state index in [0.717, 1.165) is 10.5 Å². The summed E-state index contributed by atoms with van der Waals surface area (Å²) in [6, 6.07) is 44.1. The first-order chi connectivity index (χ1) is 20.8. The second-order valence-corrected chi connectivity index (χ2v) is 13.8. The van der Waals surface area contributed by atoms with E-state index in [-0.39, 0.29) is 0 Å². The van der Waals surface area contributed by atoms with Crippen molar-refractivity contribution in [3.8, 4) is 16.3 Å². The fraction of sp³-hybridized carbons (Fsp3) is 0. The summed E-state index contributed by atoms with van der Waals surface area (Å²) in [5.74, 6) is 0. The van der Waals surface area contributed by atoms with Gasteiger partial charge >= 0.3 is 0 Å². The van der Waals surface area contributed by atoms with Crippen molar-refractivity contribution in [1.82, 2.24) is 9.55 Å². The summed E-state index contributed by atoms with van der Waals surface area (Å²) in [6.45, 7) is 0. The first-order valence-corrected chi connectivity index (χ1v) is 16.4. The minimum Gasteiger partial charge on any atom is -0.308 e. The number of fused-ring (bicyclic) bond motifs is 11. The molecule has 0 aliphatic carbocycles. The minimum atomic E-state index is 1.07. The molecular weight excluding hydrogens is 569 g/mol. The van der Waals surface area contributed by atoms with Gasteiger partial charge in [0.1, 0.15) is 5.01 Å². The van der Waals surface area contributed by atoms with Crippen LogP contribution >= 0.6 is 34.0 Å². The Balaban J connectivity index is 1.31. The first-order valence-electron chi connectivity index (χ1n) is 14.0. The molecule has 0 aliphatic rings. The van der Waals surface area contributed by atoms with E-state index < -0.39 is 0 Å². The van der Waals surface area contributed by atoms with Crippen LogP contribution in [-0.2, 0) is 0 Å². The highest BCUT2D eigenvalue weighted by Gasteiger charge is 2.21. The molecule has 4 aromatic heterocycles. The Morgan fingerprint density at radius 3 is 1.81 bits per heavy atom. The number of hydrogen-bond donors (Lipinski definition) is 0. The van der Waals surface area contributed by atoms with Crippen molar-refractivity contribution in [2.75, 3.05) is 0 Å². The number of para-hydroxylation sites is 2. The fourth-order valence-corrected chi connectivity index (χ4v) is 10.2. The number of aromatic nitrogens is 2. The molecule has 0 amide bonds. The summed E-state index contributed by atoms with van der Waals surface area (Å²) in [5.41, 5.74) is 5.97. The molecule has 0 spiro atoms. The topological polar surface area (TPSA) is 17.8 Å². The van der Waals surface area contributed by atoms with E-state index in [1.165, 1.54) is 78.1 Å². The lowest BCUT2D eigenvalue weighted by molar-refractivity contribution is 1.20. The van der Waals surface area contributed by atoms with E-state index in [1.807, 2.05) is 34.0 Å². The van der Waals surface area contributed by atoms with Gasteiger partial charge in [0.15, 0.2) is 0 Å². The van der Waals surface area contributed by atoms with Crippen LogP contribution in [0.5, 0.6) is 0 Å². The smallest absolute Gasteiger partial charge is 0.125 e. The normalized spacial score (nSPS) is 12.3. The van der Waals surface area contributed by atoms with Crippen molar-refractivity contribution < 1.29 is 0 Å². The van der Waals surface area contributed by atoms with Crippen LogP contribution in [0.25, 0.3) is 88.6 Å². The van der Waals surface area contributed by atoms with Crippen LogP contribution in [-0.4, -0.2) is 9.55 Å². The zero-order valence-electron chi connectivity index (χ0n) is 22.2. The lowest BCUT2D eigenvalue weighted by Gasteiger charge is -2.11. The Bertz CT molecular complexity index is 2650. The van der Waals surface area contributed by atoms with Crippen LogP contribution in [0.3, 0.4) is 0 Å². The Hall–Kier alpha value is -4.55. The van der Waals surface area contributed by atoms with Gasteiger partial charge in [0.25, 0.3) is 0 Å². The average molecular weight is 589 g/mol. The van der Waals surface area contributed by atoms with Crippen molar-refractivity contribution in [3.63, 3.8) is 0 Å². The van der Waals surface area contributed by atoms with Crippen molar-refractivity contribution in [1.29, 1.82) is 0 Å². The van der Waals surface area contributed by atoms with Crippen molar-refractivity contribution in [2.24, 2.45) is 0 Å². The molecule has 0 atom stereocenters. The Labute approximate surface area is 252 Å². The largest absolute Gasteiger partial charge is 0.308 e. The second kappa shape index (κ2) is 8.49. The molecule has 10 rings (SSSR count). The predicted octanol–water partition coefficient (Wildman–Crippen LogP) is 11.8. The number of nitrogens with zero attached hydrogens (tertiary/aromatic N) is 2. The molecule has 0 unspecified atom stereocenters. The van der Waals surface area contributed by atoms with Gasteiger partial charge in [-0.05, 0) is 48.5 Å². The highest BCUT2D eigenvalue weighted by molar-refractivity contribution is 7.28. The van der Waals surface area contributed by atoms with E-state index in [4.69, 9.17) is 4.98 Å². The molecule has 0 N–H and O–H groups in total. The maximum absolute atomic E-state index is 5.27. The van der Waals surface area contributed by atoms with Gasteiger partial charge in [0.2, 0.25) is 0 Å². The molecule has 6 aromatic carbocycles. The number of hydrogen-bond acceptors (Lipinski definition) is 4. The summed E-state index contributed by atoms with van der Waals surface area (Å²) in [7, 11) is 0. The van der Waals surface area contributed by atoms with Crippen LogP contribution in [0.15, 0.2) is 121 Å². The van der Waals surface area contributed by atoms with E-state index in [1.54, 1.807) is 0 Å². The highest BCUT2D eigenvalue weighted by Crippen LogP contribution is 2.48. The summed E-state index contributed by atoms with van der Waals surface area (Å²) >= 11 is 5.58. The quantitative estimate of drug-likeness (QED) is 0.196. The minimum absolute atomic E-state index is 1.07. The maximum Gasteiger partial charge on any atom is 0.125 e. The SMILES string of the molecule is c1ccc2c(c1)sc1c(-n3c4ccccc4c4ccccc43)ccc(-c3nc4ccc5sc6ccccc6c5c4s3)c12. The Kier molecular flexibility index (Phi) is 4.66. The Morgan fingerprint density at radius 2 is 1.07 bits per heavy atom. The molecule has 0 aliphatic heterocycles. The van der Waals surface area contributed by atoms with Crippen LogP contribution in [0.4, 0.5) is 0 Å². The van der Waals surface area contributed by atoms with Gasteiger partial charge in [-0.3, -0.25) is 0 Å². The summed E-state index contributed by atoms with van der Waals surface area (Å²) in [6.07, 6.45) is 0. The van der Waals surface area contributed by atoms with Gasteiger partial charge in [0, 0.05) is 52.0 Å². The zero-order valence-corrected chi connectivity index (χ0v) is 24.6. The monoisotopic (exact) mass is 588 g/mol. The summed E-state index contributed by atoms with van der Waals surface area (Å²) in [4.78, 5) is 5.27. The van der Waals surface area contributed by atoms with Crippen LogP contribution in [0.1, 0.15) is 0 Å². The molecule has 196 valence electrons. The van der Waals surface area contributed by atoms with Gasteiger partial charge in [0.05, 0.1) is 31.6 Å². The van der Waals surface area contributed by atoms with Crippen molar-refractivity contribution >= 4 is 106 Å². The number of rotatable bonds is 2. The van der Waals surface area contributed by atoms with Gasteiger partial charge in [-0.15, -0.1) is 34.0 Å². The predicted molar refractivity (Wildman–Crippen MR) is 185 cm³/mol. The molecule has 0 saturated heterocycles. The third-order valence-electron chi connectivity index (χ3n) is 8.45. The standard InChI is InChI=1S/C37H20N2S3/c1-5-13-27-21(9-1)22-10-2-6-14-28(22)39(27)29-19-17-25(33-23-11-3-8-16-31(23)41-36(29)33)37-38-26-18-20-32-34(35(26)42-37)24-12-4-7-15-30(24)40-32/h1-20H. The number of benzene rings is 6. The third-order valence-corrected chi connectivity index (χ3v) is 11.9. The van der Waals surface area contributed by atoms with E-state index in [0.29, 0.717) is 0 Å². The lowest BCUT2D eigenvalue weighted by atomic mass is 10.1. The average Bonchev–Trinajstić information content (AvgIpc) is 3.80. The van der Waals surface area contributed by atoms with Gasteiger partial charge in [-0.2, -0.15) is 0 Å². The van der Waals surface area contributed by atoms with E-state index >= 15 is 0 Å². The molecule has 0 fully saturated rings. The molecule has 10 aromatic rings. The summed E-state index contributed by atoms with van der Waals surface area (Å²) < 4.78 is 8.98. The lowest BCUT2D eigenvalue weighted by Crippen LogP contribution is -1.94. The highest BCUT2D eigenvalue weighted by atomic mass is 32.1. The first kappa shape index (κ1) is 23.1. The van der Waals surface area contributed by atoms with Crippen molar-refractivity contribution in [2.45, 2.75) is 0 Å². The van der Waals surface area contributed by atoms with Crippen LogP contribution in [0.2, 0.25) is 0 Å². The molecule has 4 heterocycles. The van der Waals surface area contributed by atoms with Crippen LogP contribution in [0, 0.1) is 0 Å². The third kappa shape index (κ3) is 3.05. The van der Waals surface area contributed by atoms with E-state index in [9.17, 15) is 0 Å². The fourth-order valence-electron chi connectivity index (χ4n) is 6.66. The molecule has 2 nitrogen and oxygen atoms in total. The maximum atomic E-state index is 5.27. The van der Waals surface area contributed by atoms with E-state index in [2.05, 4.69) is 126 Å². The molecular formula is C37H20N2S3. The van der Waals surface area contributed by atoms with Gasteiger partial charge in [-0.1, -0.05) is 72.8 Å². The second-order valence-electron chi connectivity index (χ2n) is 10.7. The van der Waals surface area contributed by atoms with Gasteiger partial charge in [-0.25, -0.2) is 4.98 Å². The molecule has 42 heavy (non-hydrogen) atoms. The van der Waals surface area contributed by atoms with Gasteiger partial charge < -0.3 is 4.57 Å². The molecule has 0 radical (unpaired) electrons.